The van der Waals surface area contributed by atoms with Gasteiger partial charge in [-0.25, -0.2) is 0 Å². The Labute approximate surface area is 177 Å². The van der Waals surface area contributed by atoms with Gasteiger partial charge in [0, 0.05) is 12.3 Å². The number of nitrogens with zero attached hydrogens (tertiary/aromatic N) is 1. The summed E-state index contributed by atoms with van der Waals surface area (Å²) in [5.41, 5.74) is 1.42. The Hall–Kier alpha value is -3.08. The standard InChI is InChI=1S/C25H27NO4/c1-16(17-5-10-20(29-3)11-6-17)26-24(28)22-14-9-19(27)15-23(22)25(26,2)18-7-12-21(30-4)13-8-18/h5-14,16,22-23H,15H2,1-4H3/t16-,22-,23+,25-/m1/s1. The zero-order valence-corrected chi connectivity index (χ0v) is 17.8. The second-order valence-corrected chi connectivity index (χ2v) is 8.20. The van der Waals surface area contributed by atoms with Crippen LogP contribution in [-0.4, -0.2) is 30.8 Å². The lowest BCUT2D eigenvalue weighted by atomic mass is 9.71. The van der Waals surface area contributed by atoms with Gasteiger partial charge in [-0.3, -0.25) is 9.59 Å². The average molecular weight is 405 g/mol. The smallest absolute Gasteiger partial charge is 0.231 e. The minimum absolute atomic E-state index is 0.0605. The second-order valence-electron chi connectivity index (χ2n) is 8.20. The van der Waals surface area contributed by atoms with Gasteiger partial charge < -0.3 is 14.4 Å². The van der Waals surface area contributed by atoms with Crippen LogP contribution in [0.1, 0.15) is 37.4 Å². The molecule has 1 aliphatic heterocycles. The van der Waals surface area contributed by atoms with Crippen LogP contribution in [-0.2, 0) is 15.1 Å². The van der Waals surface area contributed by atoms with Gasteiger partial charge in [0.25, 0.3) is 0 Å². The van der Waals surface area contributed by atoms with Crippen LogP contribution >= 0.6 is 0 Å². The number of benzene rings is 2. The molecule has 0 radical (unpaired) electrons. The van der Waals surface area contributed by atoms with E-state index < -0.39 is 5.54 Å². The molecule has 0 bridgehead atoms. The van der Waals surface area contributed by atoms with Crippen LogP contribution in [0.25, 0.3) is 0 Å². The van der Waals surface area contributed by atoms with Crippen LogP contribution < -0.4 is 9.47 Å². The number of rotatable bonds is 5. The van der Waals surface area contributed by atoms with Crippen molar-refractivity contribution in [3.63, 3.8) is 0 Å². The number of hydrogen-bond donors (Lipinski definition) is 0. The van der Waals surface area contributed by atoms with Gasteiger partial charge in [0.2, 0.25) is 5.91 Å². The van der Waals surface area contributed by atoms with Crippen molar-refractivity contribution in [1.82, 2.24) is 4.90 Å². The van der Waals surface area contributed by atoms with E-state index in [1.54, 1.807) is 26.4 Å². The molecule has 0 aromatic heterocycles. The van der Waals surface area contributed by atoms with Crippen molar-refractivity contribution < 1.29 is 19.1 Å². The largest absolute Gasteiger partial charge is 0.497 e. The lowest BCUT2D eigenvalue weighted by Gasteiger charge is -2.43. The third-order valence-electron chi connectivity index (χ3n) is 6.75. The van der Waals surface area contributed by atoms with Crippen molar-refractivity contribution in [3.8, 4) is 11.5 Å². The van der Waals surface area contributed by atoms with Crippen LogP contribution in [0.15, 0.2) is 60.7 Å². The maximum absolute atomic E-state index is 13.6. The summed E-state index contributed by atoms with van der Waals surface area (Å²) >= 11 is 0. The van der Waals surface area contributed by atoms with Gasteiger partial charge in [0.05, 0.1) is 31.7 Å². The molecule has 0 spiro atoms. The quantitative estimate of drug-likeness (QED) is 0.745. The van der Waals surface area contributed by atoms with Crippen LogP contribution in [0.3, 0.4) is 0 Å². The topological polar surface area (TPSA) is 55.8 Å². The summed E-state index contributed by atoms with van der Waals surface area (Å²) in [4.78, 5) is 27.9. The van der Waals surface area contributed by atoms with E-state index in [0.717, 1.165) is 22.6 Å². The summed E-state index contributed by atoms with van der Waals surface area (Å²) in [5.74, 6) is 1.26. The van der Waals surface area contributed by atoms with Crippen LogP contribution in [0.2, 0.25) is 0 Å². The molecular weight excluding hydrogens is 378 g/mol. The summed E-state index contributed by atoms with van der Waals surface area (Å²) in [6.07, 6.45) is 3.72. The molecule has 1 amide bonds. The molecule has 4 atom stereocenters. The van der Waals surface area contributed by atoms with Crippen molar-refractivity contribution in [2.45, 2.75) is 31.8 Å². The fourth-order valence-corrected chi connectivity index (χ4v) is 5.03. The molecule has 30 heavy (non-hydrogen) atoms. The molecule has 1 aliphatic carbocycles. The van der Waals surface area contributed by atoms with Crippen molar-refractivity contribution in [3.05, 3.63) is 71.8 Å². The molecule has 0 N–H and O–H groups in total. The number of methoxy groups -OCH3 is 2. The van der Waals surface area contributed by atoms with Crippen molar-refractivity contribution >= 4 is 11.7 Å². The van der Waals surface area contributed by atoms with Crippen molar-refractivity contribution in [1.29, 1.82) is 0 Å². The molecule has 1 fully saturated rings. The maximum Gasteiger partial charge on any atom is 0.231 e. The summed E-state index contributed by atoms with van der Waals surface area (Å²) in [7, 11) is 3.27. The summed E-state index contributed by atoms with van der Waals surface area (Å²) in [6.45, 7) is 4.13. The summed E-state index contributed by atoms with van der Waals surface area (Å²) in [5, 5.41) is 0. The monoisotopic (exact) mass is 405 g/mol. The number of ether oxygens (including phenoxy) is 2. The fraction of sp³-hybridized carbons (Fsp3) is 0.360. The number of likely N-dealkylation sites (tertiary alicyclic amines) is 1. The first-order valence-electron chi connectivity index (χ1n) is 10.2. The van der Waals surface area contributed by atoms with Crippen LogP contribution in [0.5, 0.6) is 11.5 Å². The van der Waals surface area contributed by atoms with E-state index in [1.165, 1.54) is 0 Å². The van der Waals surface area contributed by atoms with Crippen LogP contribution in [0, 0.1) is 11.8 Å². The maximum atomic E-state index is 13.6. The predicted octanol–water partition coefficient (Wildman–Crippen LogP) is 4.28. The molecule has 5 heteroatoms. The van der Waals surface area contributed by atoms with Gasteiger partial charge in [-0.05, 0) is 55.3 Å². The minimum atomic E-state index is -0.617. The lowest BCUT2D eigenvalue weighted by Crippen LogP contribution is -2.46. The Kier molecular flexibility index (Phi) is 5.14. The fourth-order valence-electron chi connectivity index (χ4n) is 5.03. The Morgan fingerprint density at radius 1 is 0.967 bits per heavy atom. The number of hydrogen-bond acceptors (Lipinski definition) is 4. The Morgan fingerprint density at radius 2 is 1.53 bits per heavy atom. The van der Waals surface area contributed by atoms with E-state index in [1.807, 2.05) is 60.4 Å². The Bertz CT molecular complexity index is 979. The number of carbonyl (C=O) groups is 2. The molecule has 1 saturated heterocycles. The zero-order valence-electron chi connectivity index (χ0n) is 17.8. The van der Waals surface area contributed by atoms with Gasteiger partial charge in [-0.2, -0.15) is 0 Å². The molecule has 0 saturated carbocycles. The van der Waals surface area contributed by atoms with Gasteiger partial charge in [-0.15, -0.1) is 0 Å². The summed E-state index contributed by atoms with van der Waals surface area (Å²) in [6, 6.07) is 15.5. The Morgan fingerprint density at radius 3 is 2.10 bits per heavy atom. The van der Waals surface area contributed by atoms with Crippen LogP contribution in [0.4, 0.5) is 0 Å². The highest BCUT2D eigenvalue weighted by Gasteiger charge is 2.58. The van der Waals surface area contributed by atoms with Crippen molar-refractivity contribution in [2.24, 2.45) is 11.8 Å². The molecule has 156 valence electrons. The third kappa shape index (κ3) is 3.09. The molecular formula is C25H27NO4. The lowest BCUT2D eigenvalue weighted by molar-refractivity contribution is -0.135. The van der Waals surface area contributed by atoms with Gasteiger partial charge >= 0.3 is 0 Å². The molecule has 4 rings (SSSR count). The van der Waals surface area contributed by atoms with E-state index >= 15 is 0 Å². The van der Waals surface area contributed by atoms with E-state index in [2.05, 4.69) is 6.92 Å². The number of carbonyl (C=O) groups excluding carboxylic acids is 2. The highest BCUT2D eigenvalue weighted by Crippen LogP contribution is 2.53. The third-order valence-corrected chi connectivity index (χ3v) is 6.75. The molecule has 0 unspecified atom stereocenters. The predicted molar refractivity (Wildman–Crippen MR) is 114 cm³/mol. The Balaban J connectivity index is 1.81. The molecule has 2 aromatic carbocycles. The molecule has 2 aromatic rings. The van der Waals surface area contributed by atoms with E-state index in [-0.39, 0.29) is 29.6 Å². The van der Waals surface area contributed by atoms with Crippen molar-refractivity contribution in [2.75, 3.05) is 14.2 Å². The van der Waals surface area contributed by atoms with Gasteiger partial charge in [0.1, 0.15) is 11.5 Å². The normalized spacial score (nSPS) is 26.5. The first-order valence-corrected chi connectivity index (χ1v) is 10.2. The number of fused-ring (bicyclic) bond motifs is 1. The number of allylic oxidation sites excluding steroid dienone is 1. The summed E-state index contributed by atoms with van der Waals surface area (Å²) < 4.78 is 10.6. The zero-order chi connectivity index (χ0) is 21.5. The molecule has 5 nitrogen and oxygen atoms in total. The second kappa shape index (κ2) is 7.63. The highest BCUT2D eigenvalue weighted by molar-refractivity contribution is 5.96. The molecule has 2 aliphatic rings. The highest BCUT2D eigenvalue weighted by atomic mass is 16.5. The average Bonchev–Trinajstić information content (AvgIpc) is 3.00. The SMILES string of the molecule is COc1ccc([C@@H](C)N2C(=O)[C@@H]3C=CC(=O)C[C@@H]3[C@@]2(C)c2ccc(OC)cc2)cc1. The van der Waals surface area contributed by atoms with E-state index in [9.17, 15) is 9.59 Å². The van der Waals surface area contributed by atoms with E-state index in [0.29, 0.717) is 6.42 Å². The number of ketones is 1. The first kappa shape index (κ1) is 20.2. The van der Waals surface area contributed by atoms with Gasteiger partial charge in [0.15, 0.2) is 5.78 Å². The molecule has 1 heterocycles. The van der Waals surface area contributed by atoms with Gasteiger partial charge in [-0.1, -0.05) is 30.3 Å². The first-order chi connectivity index (χ1) is 14.4. The van der Waals surface area contributed by atoms with E-state index in [4.69, 9.17) is 9.47 Å². The minimum Gasteiger partial charge on any atom is -0.497 e. The number of amides is 1.